The number of nitrogens with zero attached hydrogens (tertiary/aromatic N) is 1. The Balaban J connectivity index is 1.69. The molecular formula is C23H16BrIN2O3. The van der Waals surface area contributed by atoms with Crippen LogP contribution in [0.5, 0.6) is 5.75 Å². The standard InChI is InChI=1S/C23H16BrIN2O3/c24-18-11-12-21(30-22(28)13-10-16-6-2-1-3-7-16)17(14-18)15-26-27-23(29)19-8-4-5-9-20(19)25/h1-15H,(H,27,29). The maximum absolute atomic E-state index is 12.3. The van der Waals surface area contributed by atoms with Crippen LogP contribution in [0.1, 0.15) is 21.5 Å². The van der Waals surface area contributed by atoms with Crippen molar-refractivity contribution in [2.75, 3.05) is 0 Å². The van der Waals surface area contributed by atoms with Gasteiger partial charge < -0.3 is 4.74 Å². The van der Waals surface area contributed by atoms with Gasteiger partial charge in [-0.2, -0.15) is 5.10 Å². The number of hydrogen-bond acceptors (Lipinski definition) is 4. The highest BCUT2D eigenvalue weighted by molar-refractivity contribution is 14.1. The second-order valence-electron chi connectivity index (χ2n) is 6.03. The van der Waals surface area contributed by atoms with Crippen LogP contribution < -0.4 is 10.2 Å². The van der Waals surface area contributed by atoms with Crippen molar-refractivity contribution in [3.8, 4) is 5.75 Å². The maximum atomic E-state index is 12.3. The first kappa shape index (κ1) is 21.9. The van der Waals surface area contributed by atoms with Gasteiger partial charge in [-0.15, -0.1) is 0 Å². The van der Waals surface area contributed by atoms with E-state index in [2.05, 4.69) is 49.0 Å². The van der Waals surface area contributed by atoms with Crippen LogP contribution in [0.25, 0.3) is 6.08 Å². The topological polar surface area (TPSA) is 67.8 Å². The van der Waals surface area contributed by atoms with Gasteiger partial charge in [0.15, 0.2) is 0 Å². The lowest BCUT2D eigenvalue weighted by Gasteiger charge is -2.06. The summed E-state index contributed by atoms with van der Waals surface area (Å²) >= 11 is 5.48. The van der Waals surface area contributed by atoms with Crippen LogP contribution in [-0.2, 0) is 4.79 Å². The number of hydrogen-bond donors (Lipinski definition) is 1. The normalized spacial score (nSPS) is 11.0. The highest BCUT2D eigenvalue weighted by Crippen LogP contribution is 2.22. The van der Waals surface area contributed by atoms with Gasteiger partial charge in [-0.05, 0) is 64.6 Å². The molecule has 0 unspecified atom stereocenters. The Morgan fingerprint density at radius 2 is 1.73 bits per heavy atom. The van der Waals surface area contributed by atoms with Crippen LogP contribution >= 0.6 is 38.5 Å². The van der Waals surface area contributed by atoms with Gasteiger partial charge in [-0.1, -0.05) is 58.4 Å². The minimum absolute atomic E-state index is 0.324. The molecule has 1 amide bonds. The molecule has 150 valence electrons. The van der Waals surface area contributed by atoms with E-state index in [1.807, 2.05) is 42.5 Å². The van der Waals surface area contributed by atoms with Gasteiger partial charge in [-0.3, -0.25) is 4.79 Å². The van der Waals surface area contributed by atoms with E-state index in [-0.39, 0.29) is 5.91 Å². The number of amides is 1. The van der Waals surface area contributed by atoms with E-state index in [0.717, 1.165) is 13.6 Å². The SMILES string of the molecule is O=C(C=Cc1ccccc1)Oc1ccc(Br)cc1C=NNC(=O)c1ccccc1I. The molecule has 0 aliphatic rings. The number of carbonyl (C=O) groups is 2. The molecule has 30 heavy (non-hydrogen) atoms. The quantitative estimate of drug-likeness (QED) is 0.106. The molecule has 0 atom stereocenters. The Labute approximate surface area is 196 Å². The minimum atomic E-state index is -0.515. The van der Waals surface area contributed by atoms with Crippen LogP contribution in [0.15, 0.2) is 88.4 Å². The predicted octanol–water partition coefficient (Wildman–Crippen LogP) is 5.44. The Kier molecular flexibility index (Phi) is 7.92. The van der Waals surface area contributed by atoms with Gasteiger partial charge >= 0.3 is 5.97 Å². The number of benzene rings is 3. The van der Waals surface area contributed by atoms with Gasteiger partial charge in [0.2, 0.25) is 0 Å². The molecule has 0 radical (unpaired) electrons. The smallest absolute Gasteiger partial charge is 0.336 e. The van der Waals surface area contributed by atoms with Crippen LogP contribution in [0, 0.1) is 3.57 Å². The Hall–Kier alpha value is -2.78. The molecule has 0 aliphatic carbocycles. The number of halogens is 2. The zero-order chi connectivity index (χ0) is 21.3. The second-order valence-corrected chi connectivity index (χ2v) is 8.10. The van der Waals surface area contributed by atoms with E-state index >= 15 is 0 Å². The van der Waals surface area contributed by atoms with Crippen molar-refractivity contribution in [1.29, 1.82) is 0 Å². The third kappa shape index (κ3) is 6.36. The van der Waals surface area contributed by atoms with E-state index in [4.69, 9.17) is 4.74 Å². The molecule has 5 nitrogen and oxygen atoms in total. The van der Waals surface area contributed by atoms with Crippen molar-refractivity contribution >= 4 is 62.7 Å². The lowest BCUT2D eigenvalue weighted by molar-refractivity contribution is -0.128. The molecule has 1 N–H and O–H groups in total. The lowest BCUT2D eigenvalue weighted by atomic mass is 10.2. The Morgan fingerprint density at radius 1 is 1.00 bits per heavy atom. The molecule has 0 heterocycles. The fraction of sp³-hybridized carbons (Fsp3) is 0. The number of esters is 1. The zero-order valence-electron chi connectivity index (χ0n) is 15.6. The molecule has 0 bridgehead atoms. The number of nitrogens with one attached hydrogen (secondary N) is 1. The molecule has 3 aromatic carbocycles. The van der Waals surface area contributed by atoms with Gasteiger partial charge in [0, 0.05) is 19.7 Å². The average Bonchev–Trinajstić information content (AvgIpc) is 2.75. The summed E-state index contributed by atoms with van der Waals surface area (Å²) in [7, 11) is 0. The molecule has 0 saturated heterocycles. The highest BCUT2D eigenvalue weighted by Gasteiger charge is 2.09. The summed E-state index contributed by atoms with van der Waals surface area (Å²) in [5, 5.41) is 4.00. The number of hydrazone groups is 1. The molecule has 0 saturated carbocycles. The summed E-state index contributed by atoms with van der Waals surface area (Å²) in [6, 6.07) is 21.8. The van der Waals surface area contributed by atoms with Crippen LogP contribution in [0.3, 0.4) is 0 Å². The summed E-state index contributed by atoms with van der Waals surface area (Å²) in [6.45, 7) is 0. The summed E-state index contributed by atoms with van der Waals surface area (Å²) in [5.41, 5.74) is 4.45. The number of carbonyl (C=O) groups excluding carboxylic acids is 2. The first-order valence-electron chi connectivity index (χ1n) is 8.85. The first-order valence-corrected chi connectivity index (χ1v) is 10.7. The van der Waals surface area contributed by atoms with Gasteiger partial charge in [0.25, 0.3) is 5.91 Å². The lowest BCUT2D eigenvalue weighted by Crippen LogP contribution is -2.18. The fourth-order valence-electron chi connectivity index (χ4n) is 2.45. The predicted molar refractivity (Wildman–Crippen MR) is 129 cm³/mol. The molecule has 0 fully saturated rings. The molecule has 3 aromatic rings. The minimum Gasteiger partial charge on any atom is -0.423 e. The van der Waals surface area contributed by atoms with Crippen LogP contribution in [0.2, 0.25) is 0 Å². The van der Waals surface area contributed by atoms with E-state index in [1.54, 1.807) is 36.4 Å². The van der Waals surface area contributed by atoms with Crippen molar-refractivity contribution in [2.24, 2.45) is 5.10 Å². The third-order valence-electron chi connectivity index (χ3n) is 3.88. The Morgan fingerprint density at radius 3 is 2.50 bits per heavy atom. The number of rotatable bonds is 6. The van der Waals surface area contributed by atoms with Gasteiger partial charge in [0.05, 0.1) is 11.8 Å². The van der Waals surface area contributed by atoms with Crippen molar-refractivity contribution in [3.05, 3.63) is 104 Å². The summed E-state index contributed by atoms with van der Waals surface area (Å²) < 4.78 is 7.04. The monoisotopic (exact) mass is 574 g/mol. The maximum Gasteiger partial charge on any atom is 0.336 e. The molecule has 7 heteroatoms. The van der Waals surface area contributed by atoms with Crippen LogP contribution in [-0.4, -0.2) is 18.1 Å². The average molecular weight is 575 g/mol. The Bertz CT molecular complexity index is 1110. The first-order chi connectivity index (χ1) is 14.5. The second kappa shape index (κ2) is 10.8. The third-order valence-corrected chi connectivity index (χ3v) is 5.32. The van der Waals surface area contributed by atoms with E-state index in [9.17, 15) is 9.59 Å². The van der Waals surface area contributed by atoms with E-state index in [1.165, 1.54) is 12.3 Å². The van der Waals surface area contributed by atoms with E-state index in [0.29, 0.717) is 16.9 Å². The summed E-state index contributed by atoms with van der Waals surface area (Å²) in [6.07, 6.45) is 4.47. The molecule has 0 aromatic heterocycles. The highest BCUT2D eigenvalue weighted by atomic mass is 127. The van der Waals surface area contributed by atoms with Crippen LogP contribution in [0.4, 0.5) is 0 Å². The van der Waals surface area contributed by atoms with Crippen molar-refractivity contribution in [3.63, 3.8) is 0 Å². The summed E-state index contributed by atoms with van der Waals surface area (Å²) in [4.78, 5) is 24.5. The fourth-order valence-corrected chi connectivity index (χ4v) is 3.46. The summed E-state index contributed by atoms with van der Waals surface area (Å²) in [5.74, 6) is -0.512. The van der Waals surface area contributed by atoms with Crippen molar-refractivity contribution in [2.45, 2.75) is 0 Å². The molecule has 0 aliphatic heterocycles. The number of ether oxygens (including phenoxy) is 1. The van der Waals surface area contributed by atoms with Gasteiger partial charge in [-0.25, -0.2) is 10.2 Å². The molecule has 0 spiro atoms. The van der Waals surface area contributed by atoms with Crippen molar-refractivity contribution < 1.29 is 14.3 Å². The van der Waals surface area contributed by atoms with E-state index < -0.39 is 5.97 Å². The van der Waals surface area contributed by atoms with Crippen molar-refractivity contribution in [1.82, 2.24) is 5.43 Å². The van der Waals surface area contributed by atoms with Gasteiger partial charge in [0.1, 0.15) is 5.75 Å². The zero-order valence-corrected chi connectivity index (χ0v) is 19.3. The largest absolute Gasteiger partial charge is 0.423 e. The molecule has 3 rings (SSSR count). The molecular weight excluding hydrogens is 559 g/mol.